The van der Waals surface area contributed by atoms with Crippen LogP contribution in [0, 0.1) is 0 Å². The first kappa shape index (κ1) is 17.8. The van der Waals surface area contributed by atoms with Gasteiger partial charge in [-0.3, -0.25) is 0 Å². The minimum atomic E-state index is 0.0164. The summed E-state index contributed by atoms with van der Waals surface area (Å²) in [5.74, 6) is 0. The maximum Gasteiger partial charge on any atom is 0.317 e. The molecule has 25 heavy (non-hydrogen) atoms. The van der Waals surface area contributed by atoms with Gasteiger partial charge in [0.25, 0.3) is 0 Å². The van der Waals surface area contributed by atoms with Crippen molar-refractivity contribution in [3.63, 3.8) is 0 Å². The fraction of sp³-hybridized carbons (Fsp3) is 0.381. The molecule has 0 bridgehead atoms. The van der Waals surface area contributed by atoms with E-state index in [-0.39, 0.29) is 12.1 Å². The topological polar surface area (TPSA) is 32.3 Å². The molecule has 1 aliphatic rings. The van der Waals surface area contributed by atoms with Crippen molar-refractivity contribution in [2.24, 2.45) is 0 Å². The second-order valence-corrected chi connectivity index (χ2v) is 6.95. The number of likely N-dealkylation sites (tertiary alicyclic amines) is 1. The summed E-state index contributed by atoms with van der Waals surface area (Å²) >= 11 is 6.41. The minimum absolute atomic E-state index is 0.0164. The molecule has 1 atom stereocenters. The molecule has 0 saturated carbocycles. The lowest BCUT2D eigenvalue weighted by molar-refractivity contribution is 0.176. The molecule has 0 aromatic heterocycles. The van der Waals surface area contributed by atoms with Gasteiger partial charge in [0.1, 0.15) is 0 Å². The zero-order chi connectivity index (χ0) is 17.5. The molecule has 2 amide bonds. The smallest absolute Gasteiger partial charge is 0.317 e. The highest BCUT2D eigenvalue weighted by Gasteiger charge is 2.27. The summed E-state index contributed by atoms with van der Waals surface area (Å²) in [6.45, 7) is 1.43. The van der Waals surface area contributed by atoms with Crippen molar-refractivity contribution in [3.05, 3.63) is 70.7 Å². The molecule has 3 rings (SSSR count). The molecule has 1 aliphatic heterocycles. The Labute approximate surface area is 155 Å². The Bertz CT molecular complexity index is 689. The van der Waals surface area contributed by atoms with Gasteiger partial charge < -0.3 is 10.2 Å². The number of hydrogen-bond donors (Lipinski definition) is 1. The van der Waals surface area contributed by atoms with Crippen molar-refractivity contribution in [1.82, 2.24) is 10.2 Å². The average Bonchev–Trinajstić information content (AvgIpc) is 2.89. The minimum Gasteiger partial charge on any atom is -0.338 e. The SMILES string of the molecule is O=C(NCCc1ccccc1)N1CCCCC[C@@H]1c1ccccc1Cl. The molecular formula is C21H25ClN2O. The lowest BCUT2D eigenvalue weighted by atomic mass is 10.0. The molecule has 0 radical (unpaired) electrons. The lowest BCUT2D eigenvalue weighted by Gasteiger charge is -2.31. The molecule has 0 aliphatic carbocycles. The van der Waals surface area contributed by atoms with Crippen molar-refractivity contribution in [2.45, 2.75) is 38.1 Å². The Morgan fingerprint density at radius 3 is 2.60 bits per heavy atom. The number of nitrogens with one attached hydrogen (secondary N) is 1. The number of amides is 2. The van der Waals surface area contributed by atoms with Gasteiger partial charge in [-0.1, -0.05) is 73.0 Å². The summed E-state index contributed by atoms with van der Waals surface area (Å²) in [5, 5.41) is 3.84. The number of urea groups is 1. The summed E-state index contributed by atoms with van der Waals surface area (Å²) in [4.78, 5) is 14.8. The van der Waals surface area contributed by atoms with Crippen molar-refractivity contribution in [2.75, 3.05) is 13.1 Å². The fourth-order valence-corrected chi connectivity index (χ4v) is 3.74. The Kier molecular flexibility index (Phi) is 6.35. The van der Waals surface area contributed by atoms with E-state index in [0.29, 0.717) is 6.54 Å². The van der Waals surface area contributed by atoms with E-state index >= 15 is 0 Å². The number of carbonyl (C=O) groups is 1. The molecular weight excluding hydrogens is 332 g/mol. The van der Waals surface area contributed by atoms with Crippen LogP contribution in [-0.2, 0) is 6.42 Å². The van der Waals surface area contributed by atoms with Gasteiger partial charge in [0, 0.05) is 18.1 Å². The molecule has 1 fully saturated rings. The molecule has 0 spiro atoms. The molecule has 1 N–H and O–H groups in total. The highest BCUT2D eigenvalue weighted by molar-refractivity contribution is 6.31. The third-order valence-electron chi connectivity index (χ3n) is 4.81. The fourth-order valence-electron chi connectivity index (χ4n) is 3.48. The van der Waals surface area contributed by atoms with E-state index in [2.05, 4.69) is 17.4 Å². The predicted molar refractivity (Wildman–Crippen MR) is 103 cm³/mol. The van der Waals surface area contributed by atoms with Crippen LogP contribution in [0.1, 0.15) is 42.9 Å². The van der Waals surface area contributed by atoms with E-state index < -0.39 is 0 Å². The summed E-state index contributed by atoms with van der Waals surface area (Å²) in [6, 6.07) is 18.2. The van der Waals surface area contributed by atoms with Gasteiger partial charge in [-0.05, 0) is 36.5 Å². The molecule has 1 saturated heterocycles. The number of halogens is 1. The van der Waals surface area contributed by atoms with E-state index in [9.17, 15) is 4.79 Å². The first-order chi connectivity index (χ1) is 12.3. The van der Waals surface area contributed by atoms with Crippen molar-refractivity contribution in [3.8, 4) is 0 Å². The van der Waals surface area contributed by atoms with Gasteiger partial charge in [0.15, 0.2) is 0 Å². The summed E-state index contributed by atoms with van der Waals surface area (Å²) < 4.78 is 0. The van der Waals surface area contributed by atoms with E-state index in [4.69, 9.17) is 11.6 Å². The lowest BCUT2D eigenvalue weighted by Crippen LogP contribution is -2.43. The third-order valence-corrected chi connectivity index (χ3v) is 5.15. The van der Waals surface area contributed by atoms with E-state index in [1.165, 1.54) is 5.56 Å². The second-order valence-electron chi connectivity index (χ2n) is 6.55. The van der Waals surface area contributed by atoms with Gasteiger partial charge >= 0.3 is 6.03 Å². The van der Waals surface area contributed by atoms with Crippen LogP contribution < -0.4 is 5.32 Å². The molecule has 132 valence electrons. The summed E-state index contributed by atoms with van der Waals surface area (Å²) in [6.07, 6.45) is 5.15. The van der Waals surface area contributed by atoms with Gasteiger partial charge in [-0.2, -0.15) is 0 Å². The van der Waals surface area contributed by atoms with Gasteiger partial charge in [-0.25, -0.2) is 4.79 Å². The van der Waals surface area contributed by atoms with Crippen LogP contribution in [0.25, 0.3) is 0 Å². The van der Waals surface area contributed by atoms with Crippen LogP contribution in [0.2, 0.25) is 5.02 Å². The maximum absolute atomic E-state index is 12.8. The summed E-state index contributed by atoms with van der Waals surface area (Å²) in [7, 11) is 0. The molecule has 2 aromatic rings. The standard InChI is InChI=1S/C21H25ClN2O/c22-19-12-7-6-11-18(19)20-13-5-2-8-16-24(20)21(25)23-15-14-17-9-3-1-4-10-17/h1,3-4,6-7,9-12,20H,2,5,8,13-16H2,(H,23,25)/t20-/m1/s1. The Morgan fingerprint density at radius 1 is 1.04 bits per heavy atom. The van der Waals surface area contributed by atoms with Crippen LogP contribution in [0.3, 0.4) is 0 Å². The largest absolute Gasteiger partial charge is 0.338 e. The molecule has 0 unspecified atom stereocenters. The highest BCUT2D eigenvalue weighted by atomic mass is 35.5. The number of rotatable bonds is 4. The van der Waals surface area contributed by atoms with E-state index in [0.717, 1.165) is 49.2 Å². The van der Waals surface area contributed by atoms with Crippen molar-refractivity contribution >= 4 is 17.6 Å². The third kappa shape index (κ3) is 4.76. The zero-order valence-electron chi connectivity index (χ0n) is 14.5. The van der Waals surface area contributed by atoms with E-state index in [1.54, 1.807) is 0 Å². The predicted octanol–water partition coefficient (Wildman–Crippen LogP) is 5.21. The number of hydrogen-bond acceptors (Lipinski definition) is 1. The number of carbonyl (C=O) groups excluding carboxylic acids is 1. The average molecular weight is 357 g/mol. The Balaban J connectivity index is 1.66. The molecule has 3 nitrogen and oxygen atoms in total. The maximum atomic E-state index is 12.8. The van der Waals surface area contributed by atoms with Gasteiger partial charge in [0.2, 0.25) is 0 Å². The summed E-state index contributed by atoms with van der Waals surface area (Å²) in [5.41, 5.74) is 2.30. The van der Waals surface area contributed by atoms with Crippen molar-refractivity contribution in [1.29, 1.82) is 0 Å². The van der Waals surface area contributed by atoms with Gasteiger partial charge in [-0.15, -0.1) is 0 Å². The van der Waals surface area contributed by atoms with Crippen LogP contribution in [-0.4, -0.2) is 24.0 Å². The zero-order valence-corrected chi connectivity index (χ0v) is 15.2. The first-order valence-corrected chi connectivity index (χ1v) is 9.46. The Morgan fingerprint density at radius 2 is 1.80 bits per heavy atom. The normalized spacial score (nSPS) is 17.8. The van der Waals surface area contributed by atoms with Crippen LogP contribution in [0.15, 0.2) is 54.6 Å². The van der Waals surface area contributed by atoms with E-state index in [1.807, 2.05) is 47.4 Å². The van der Waals surface area contributed by atoms with Gasteiger partial charge in [0.05, 0.1) is 6.04 Å². The quantitative estimate of drug-likeness (QED) is 0.801. The number of benzene rings is 2. The van der Waals surface area contributed by atoms with Crippen molar-refractivity contribution < 1.29 is 4.79 Å². The highest BCUT2D eigenvalue weighted by Crippen LogP contribution is 2.34. The van der Waals surface area contributed by atoms with Crippen LogP contribution in [0.4, 0.5) is 4.79 Å². The monoisotopic (exact) mass is 356 g/mol. The molecule has 1 heterocycles. The molecule has 2 aromatic carbocycles. The second kappa shape index (κ2) is 8.91. The number of nitrogens with zero attached hydrogens (tertiary/aromatic N) is 1. The molecule has 4 heteroatoms. The van der Waals surface area contributed by atoms with Crippen LogP contribution in [0.5, 0.6) is 0 Å². The van der Waals surface area contributed by atoms with Crippen LogP contribution >= 0.6 is 11.6 Å². The first-order valence-electron chi connectivity index (χ1n) is 9.08. The Hall–Kier alpha value is -2.00.